The lowest BCUT2D eigenvalue weighted by molar-refractivity contribution is 0.763. The molecule has 0 saturated carbocycles. The van der Waals surface area contributed by atoms with E-state index in [1.54, 1.807) is 12.5 Å². The Bertz CT molecular complexity index is 293. The molecule has 14 heavy (non-hydrogen) atoms. The van der Waals surface area contributed by atoms with Gasteiger partial charge >= 0.3 is 0 Å². The monoisotopic (exact) mass is 277 g/mol. The van der Waals surface area contributed by atoms with Gasteiger partial charge in [0.1, 0.15) is 12.1 Å². The zero-order chi connectivity index (χ0) is 10.6. The van der Waals surface area contributed by atoms with Crippen molar-refractivity contribution in [2.75, 3.05) is 18.5 Å². The first kappa shape index (κ1) is 11.7. The van der Waals surface area contributed by atoms with Crippen molar-refractivity contribution in [1.82, 2.24) is 9.97 Å². The Kier molecular flexibility index (Phi) is 4.62. The van der Waals surface area contributed by atoms with E-state index in [1.807, 2.05) is 14.0 Å². The van der Waals surface area contributed by atoms with Crippen LogP contribution in [-0.4, -0.2) is 28.9 Å². The molecule has 0 fully saturated rings. The Hall–Kier alpha value is -0.350. The lowest BCUT2D eigenvalue weighted by atomic mass is 10.3. The number of aromatic nitrogens is 2. The molecule has 0 aliphatic heterocycles. The molecule has 3 nitrogen and oxygen atoms in total. The SMILES string of the molecule is CC(Cl)CCN(C)c1ncncc1Br. The van der Waals surface area contributed by atoms with Gasteiger partial charge in [-0.25, -0.2) is 9.97 Å². The fourth-order valence-corrected chi connectivity index (χ4v) is 1.69. The molecule has 0 aliphatic rings. The largest absolute Gasteiger partial charge is 0.359 e. The van der Waals surface area contributed by atoms with E-state index >= 15 is 0 Å². The minimum Gasteiger partial charge on any atom is -0.359 e. The quantitative estimate of drug-likeness (QED) is 0.793. The number of hydrogen-bond donors (Lipinski definition) is 0. The molecular formula is C9H13BrClN3. The number of anilines is 1. The standard InChI is InChI=1S/C9H13BrClN3/c1-7(11)3-4-14(2)9-8(10)5-12-6-13-9/h5-7H,3-4H2,1-2H3. The molecule has 0 radical (unpaired) electrons. The van der Waals surface area contributed by atoms with E-state index in [0.717, 1.165) is 23.3 Å². The Morgan fingerprint density at radius 3 is 2.93 bits per heavy atom. The number of hydrogen-bond acceptors (Lipinski definition) is 3. The fourth-order valence-electron chi connectivity index (χ4n) is 1.06. The van der Waals surface area contributed by atoms with Crippen molar-refractivity contribution >= 4 is 33.3 Å². The average molecular weight is 279 g/mol. The zero-order valence-corrected chi connectivity index (χ0v) is 10.6. The van der Waals surface area contributed by atoms with E-state index < -0.39 is 0 Å². The summed E-state index contributed by atoms with van der Waals surface area (Å²) in [6.07, 6.45) is 4.22. The average Bonchev–Trinajstić information content (AvgIpc) is 2.15. The maximum Gasteiger partial charge on any atom is 0.146 e. The number of halogens is 2. The van der Waals surface area contributed by atoms with Crippen molar-refractivity contribution in [3.63, 3.8) is 0 Å². The van der Waals surface area contributed by atoms with E-state index in [0.29, 0.717) is 0 Å². The maximum absolute atomic E-state index is 5.88. The summed E-state index contributed by atoms with van der Waals surface area (Å²) in [5, 5.41) is 0.193. The highest BCUT2D eigenvalue weighted by Crippen LogP contribution is 2.21. The van der Waals surface area contributed by atoms with Gasteiger partial charge < -0.3 is 4.90 Å². The Morgan fingerprint density at radius 1 is 1.64 bits per heavy atom. The van der Waals surface area contributed by atoms with E-state index in [2.05, 4.69) is 30.8 Å². The van der Waals surface area contributed by atoms with Gasteiger partial charge in [0.15, 0.2) is 0 Å². The second-order valence-electron chi connectivity index (χ2n) is 3.19. The van der Waals surface area contributed by atoms with Gasteiger partial charge in [0, 0.05) is 25.2 Å². The third-order valence-electron chi connectivity index (χ3n) is 1.87. The van der Waals surface area contributed by atoms with Crippen molar-refractivity contribution in [3.05, 3.63) is 17.0 Å². The van der Waals surface area contributed by atoms with Gasteiger partial charge in [0.05, 0.1) is 4.47 Å². The summed E-state index contributed by atoms with van der Waals surface area (Å²) < 4.78 is 0.907. The molecule has 0 aromatic carbocycles. The van der Waals surface area contributed by atoms with Gasteiger partial charge in [0.2, 0.25) is 0 Å². The summed E-state index contributed by atoms with van der Waals surface area (Å²) in [5.74, 6) is 0.900. The molecule has 78 valence electrons. The van der Waals surface area contributed by atoms with Crippen LogP contribution >= 0.6 is 27.5 Å². The van der Waals surface area contributed by atoms with Crippen LogP contribution in [-0.2, 0) is 0 Å². The maximum atomic E-state index is 5.88. The van der Waals surface area contributed by atoms with Crippen molar-refractivity contribution in [2.24, 2.45) is 0 Å². The van der Waals surface area contributed by atoms with Gasteiger partial charge in [-0.05, 0) is 29.3 Å². The van der Waals surface area contributed by atoms with Crippen molar-refractivity contribution in [2.45, 2.75) is 18.7 Å². The van der Waals surface area contributed by atoms with Crippen LogP contribution in [0.3, 0.4) is 0 Å². The number of rotatable bonds is 4. The predicted molar refractivity (Wildman–Crippen MR) is 62.9 cm³/mol. The Morgan fingerprint density at radius 2 is 2.36 bits per heavy atom. The summed E-state index contributed by atoms with van der Waals surface area (Å²) in [7, 11) is 1.99. The smallest absolute Gasteiger partial charge is 0.146 e. The molecule has 5 heteroatoms. The van der Waals surface area contributed by atoms with Gasteiger partial charge in [-0.2, -0.15) is 0 Å². The summed E-state index contributed by atoms with van der Waals surface area (Å²) in [5.41, 5.74) is 0. The lowest BCUT2D eigenvalue weighted by Crippen LogP contribution is -2.22. The lowest BCUT2D eigenvalue weighted by Gasteiger charge is -2.19. The molecule has 0 spiro atoms. The molecule has 0 saturated heterocycles. The van der Waals surface area contributed by atoms with Crippen molar-refractivity contribution in [1.29, 1.82) is 0 Å². The van der Waals surface area contributed by atoms with Crippen LogP contribution in [0.2, 0.25) is 0 Å². The Balaban J connectivity index is 2.60. The molecule has 1 rings (SSSR count). The van der Waals surface area contributed by atoms with Crippen LogP contribution in [0.25, 0.3) is 0 Å². The third kappa shape index (κ3) is 3.42. The minimum atomic E-state index is 0.193. The van der Waals surface area contributed by atoms with Crippen LogP contribution < -0.4 is 4.90 Å². The summed E-state index contributed by atoms with van der Waals surface area (Å²) in [4.78, 5) is 10.2. The molecular weight excluding hydrogens is 265 g/mol. The zero-order valence-electron chi connectivity index (χ0n) is 8.24. The highest BCUT2D eigenvalue weighted by atomic mass is 79.9. The normalized spacial score (nSPS) is 12.6. The molecule has 1 aromatic heterocycles. The summed E-state index contributed by atoms with van der Waals surface area (Å²) in [6.45, 7) is 2.88. The van der Waals surface area contributed by atoms with Crippen LogP contribution in [0, 0.1) is 0 Å². The minimum absolute atomic E-state index is 0.193. The number of alkyl halides is 1. The number of nitrogens with zero attached hydrogens (tertiary/aromatic N) is 3. The van der Waals surface area contributed by atoms with Crippen LogP contribution in [0.5, 0.6) is 0 Å². The van der Waals surface area contributed by atoms with Gasteiger partial charge in [-0.1, -0.05) is 0 Å². The van der Waals surface area contributed by atoms with Crippen molar-refractivity contribution in [3.8, 4) is 0 Å². The summed E-state index contributed by atoms with van der Waals surface area (Å²) >= 11 is 9.28. The summed E-state index contributed by atoms with van der Waals surface area (Å²) in [6, 6.07) is 0. The fraction of sp³-hybridized carbons (Fsp3) is 0.556. The second kappa shape index (κ2) is 5.51. The first-order valence-corrected chi connectivity index (χ1v) is 5.65. The van der Waals surface area contributed by atoms with Gasteiger partial charge in [0.25, 0.3) is 0 Å². The molecule has 1 aromatic rings. The molecule has 0 aliphatic carbocycles. The first-order chi connectivity index (χ1) is 6.61. The van der Waals surface area contributed by atoms with E-state index in [9.17, 15) is 0 Å². The van der Waals surface area contributed by atoms with Crippen LogP contribution in [0.1, 0.15) is 13.3 Å². The van der Waals surface area contributed by atoms with Crippen LogP contribution in [0.15, 0.2) is 17.0 Å². The van der Waals surface area contributed by atoms with Crippen LogP contribution in [0.4, 0.5) is 5.82 Å². The molecule has 1 unspecified atom stereocenters. The predicted octanol–water partition coefficient (Wildman–Crippen LogP) is 2.69. The second-order valence-corrected chi connectivity index (χ2v) is 4.78. The van der Waals surface area contributed by atoms with Gasteiger partial charge in [-0.15, -0.1) is 11.6 Å². The third-order valence-corrected chi connectivity index (χ3v) is 2.65. The molecule has 1 heterocycles. The van der Waals surface area contributed by atoms with E-state index in [1.165, 1.54) is 0 Å². The molecule has 0 bridgehead atoms. The molecule has 1 atom stereocenters. The molecule has 0 amide bonds. The first-order valence-electron chi connectivity index (χ1n) is 4.42. The van der Waals surface area contributed by atoms with E-state index in [-0.39, 0.29) is 5.38 Å². The van der Waals surface area contributed by atoms with Gasteiger partial charge in [-0.3, -0.25) is 0 Å². The highest BCUT2D eigenvalue weighted by Gasteiger charge is 2.07. The Labute approximate surface area is 97.6 Å². The van der Waals surface area contributed by atoms with E-state index in [4.69, 9.17) is 11.6 Å². The highest BCUT2D eigenvalue weighted by molar-refractivity contribution is 9.10. The van der Waals surface area contributed by atoms with Crippen molar-refractivity contribution < 1.29 is 0 Å². The topological polar surface area (TPSA) is 29.0 Å². The molecule has 0 N–H and O–H groups in total.